The topological polar surface area (TPSA) is 54.0 Å². The van der Waals surface area contributed by atoms with E-state index in [1.807, 2.05) is 42.5 Å². The molecule has 0 radical (unpaired) electrons. The molecule has 304 valence electrons. The van der Waals surface area contributed by atoms with E-state index in [-0.39, 0.29) is 17.0 Å². The van der Waals surface area contributed by atoms with Crippen LogP contribution in [0.4, 0.5) is 0 Å². The highest BCUT2D eigenvalue weighted by Crippen LogP contribution is 2.58. The predicted octanol–water partition coefficient (Wildman–Crippen LogP) is 8.95. The normalized spacial score (nSPS) is 10.9. The third kappa shape index (κ3) is 10.5. The van der Waals surface area contributed by atoms with Gasteiger partial charge in [0.1, 0.15) is 52.8 Å². The lowest BCUT2D eigenvalue weighted by Gasteiger charge is -2.28. The maximum atomic E-state index is 11.8. The van der Waals surface area contributed by atoms with Gasteiger partial charge < -0.3 is 35.9 Å². The van der Waals surface area contributed by atoms with Crippen LogP contribution < -0.4 is 51.8 Å². The van der Waals surface area contributed by atoms with Crippen LogP contribution in [0.2, 0.25) is 0 Å². The standard InChI is InChI=1S/C54H46O5P.BrH/c1-56-47-32-34-52(45(37-47)38-55)59-48-18-14-17-41(35-48)25-26-42-29-33-53(57-39-43-15-6-2-7-16-43)54(36-42)58-46-30-27-44(28-31-46)40-60(49-19-8-3-9-20-49,50-21-10-4-11-22-50)51-23-12-5-13-24-51;/h2-24,27-38H,25-26,39-40H2,1H3;1H/q+1;/p-1. The van der Waals surface area contributed by atoms with Crippen LogP contribution in [0, 0.1) is 0 Å². The van der Waals surface area contributed by atoms with E-state index in [0.29, 0.717) is 40.9 Å². The number of hydrogen-bond acceptors (Lipinski definition) is 5. The van der Waals surface area contributed by atoms with Crippen molar-refractivity contribution in [2.45, 2.75) is 25.6 Å². The number of aldehydes is 1. The van der Waals surface area contributed by atoms with Gasteiger partial charge in [0.2, 0.25) is 0 Å². The lowest BCUT2D eigenvalue weighted by molar-refractivity contribution is -0.0000196. The Bertz CT molecular complexity index is 2530. The zero-order valence-electron chi connectivity index (χ0n) is 33.9. The van der Waals surface area contributed by atoms with Crippen LogP contribution in [-0.4, -0.2) is 13.4 Å². The van der Waals surface area contributed by atoms with Crippen molar-refractivity contribution in [1.29, 1.82) is 0 Å². The lowest BCUT2D eigenvalue weighted by atomic mass is 10.0. The van der Waals surface area contributed by atoms with Crippen molar-refractivity contribution in [3.63, 3.8) is 0 Å². The van der Waals surface area contributed by atoms with Crippen molar-refractivity contribution in [1.82, 2.24) is 0 Å². The highest BCUT2D eigenvalue weighted by Gasteiger charge is 2.45. The predicted molar refractivity (Wildman–Crippen MR) is 245 cm³/mol. The summed E-state index contributed by atoms with van der Waals surface area (Å²) in [5.74, 6) is 3.82. The molecular weight excluding hydrogens is 839 g/mol. The van der Waals surface area contributed by atoms with E-state index in [9.17, 15) is 4.79 Å². The molecule has 0 fully saturated rings. The second-order valence-corrected chi connectivity index (χ2v) is 18.0. The number of hydrogen-bond donors (Lipinski definition) is 0. The summed E-state index contributed by atoms with van der Waals surface area (Å²) in [5.41, 5.74) is 4.97. The second-order valence-electron chi connectivity index (χ2n) is 14.5. The summed E-state index contributed by atoms with van der Waals surface area (Å²) in [6.45, 7) is 0.423. The fraction of sp³-hybridized carbons (Fsp3) is 0.0926. The molecule has 0 aliphatic carbocycles. The van der Waals surface area contributed by atoms with E-state index in [0.717, 1.165) is 47.7 Å². The minimum Gasteiger partial charge on any atom is -1.00 e. The van der Waals surface area contributed by atoms with E-state index in [4.69, 9.17) is 18.9 Å². The summed E-state index contributed by atoms with van der Waals surface area (Å²) >= 11 is 0. The van der Waals surface area contributed by atoms with E-state index in [1.165, 1.54) is 21.5 Å². The van der Waals surface area contributed by atoms with Gasteiger partial charge >= 0.3 is 0 Å². The van der Waals surface area contributed by atoms with Gasteiger partial charge in [-0.2, -0.15) is 0 Å². The molecule has 61 heavy (non-hydrogen) atoms. The van der Waals surface area contributed by atoms with Crippen LogP contribution in [0.1, 0.15) is 32.6 Å². The third-order valence-corrected chi connectivity index (χ3v) is 15.0. The van der Waals surface area contributed by atoms with Crippen molar-refractivity contribution in [3.8, 4) is 34.5 Å². The molecule has 0 N–H and O–H groups in total. The first-order valence-corrected chi connectivity index (χ1v) is 22.1. The Kier molecular flexibility index (Phi) is 14.5. The highest BCUT2D eigenvalue weighted by atomic mass is 79.9. The second kappa shape index (κ2) is 20.7. The van der Waals surface area contributed by atoms with Gasteiger partial charge in [0, 0.05) is 0 Å². The summed E-state index contributed by atoms with van der Waals surface area (Å²) in [6, 6.07) is 71.0. The zero-order chi connectivity index (χ0) is 41.0. The van der Waals surface area contributed by atoms with E-state index in [2.05, 4.69) is 146 Å². The van der Waals surface area contributed by atoms with Crippen LogP contribution in [0.5, 0.6) is 34.5 Å². The molecule has 8 aromatic rings. The van der Waals surface area contributed by atoms with Crippen molar-refractivity contribution < 1.29 is 40.7 Å². The number of methoxy groups -OCH3 is 1. The summed E-state index contributed by atoms with van der Waals surface area (Å²) in [5, 5.41) is 4.05. The number of carbonyl (C=O) groups excluding carboxylic acids is 1. The SMILES string of the molecule is COc1ccc(Oc2cccc(CCc3ccc(OCc4ccccc4)c(Oc4ccc(C[P+](c5ccccc5)(c5ccccc5)c5ccccc5)cc4)c3)c2)c(C=O)c1.[Br-]. The van der Waals surface area contributed by atoms with Gasteiger partial charge in [0.15, 0.2) is 17.8 Å². The first-order valence-electron chi connectivity index (χ1n) is 20.1. The van der Waals surface area contributed by atoms with Gasteiger partial charge in [0.25, 0.3) is 0 Å². The Hall–Kier alpha value is -6.46. The van der Waals surface area contributed by atoms with Crippen molar-refractivity contribution in [2.75, 3.05) is 7.11 Å². The Morgan fingerprint density at radius 2 is 0.951 bits per heavy atom. The van der Waals surface area contributed by atoms with E-state index < -0.39 is 7.26 Å². The van der Waals surface area contributed by atoms with Gasteiger partial charge in [-0.25, -0.2) is 0 Å². The smallest absolute Gasteiger partial charge is 0.169 e. The number of halogens is 1. The average Bonchev–Trinajstić information content (AvgIpc) is 3.32. The van der Waals surface area contributed by atoms with Crippen molar-refractivity contribution in [2.24, 2.45) is 0 Å². The van der Waals surface area contributed by atoms with Gasteiger partial charge in [-0.1, -0.05) is 115 Å². The molecule has 0 aromatic heterocycles. The van der Waals surface area contributed by atoms with Crippen LogP contribution >= 0.6 is 7.26 Å². The monoisotopic (exact) mass is 884 g/mol. The van der Waals surface area contributed by atoms with Crippen LogP contribution in [0.25, 0.3) is 0 Å². The van der Waals surface area contributed by atoms with Gasteiger partial charge in [-0.05, 0) is 126 Å². The molecule has 0 amide bonds. The van der Waals surface area contributed by atoms with Crippen LogP contribution in [0.15, 0.2) is 206 Å². The molecule has 5 nitrogen and oxygen atoms in total. The Morgan fingerprint density at radius 3 is 1.54 bits per heavy atom. The van der Waals surface area contributed by atoms with Crippen LogP contribution in [-0.2, 0) is 25.6 Å². The summed E-state index contributed by atoms with van der Waals surface area (Å²) < 4.78 is 24.5. The first-order chi connectivity index (χ1) is 29.6. The highest BCUT2D eigenvalue weighted by molar-refractivity contribution is 7.95. The molecular formula is C54H46BrO5P. The summed E-state index contributed by atoms with van der Waals surface area (Å²) in [4.78, 5) is 11.8. The zero-order valence-corrected chi connectivity index (χ0v) is 36.4. The number of benzene rings is 8. The first kappa shape index (κ1) is 42.7. The van der Waals surface area contributed by atoms with E-state index >= 15 is 0 Å². The summed E-state index contributed by atoms with van der Waals surface area (Å²) in [6.07, 6.45) is 3.19. The van der Waals surface area contributed by atoms with Gasteiger partial charge in [-0.3, -0.25) is 4.79 Å². The minimum absolute atomic E-state index is 0. The Labute approximate surface area is 369 Å². The molecule has 7 heteroatoms. The molecule has 0 aliphatic heterocycles. The fourth-order valence-corrected chi connectivity index (χ4v) is 11.7. The minimum atomic E-state index is -2.06. The molecule has 0 aliphatic rings. The molecule has 0 heterocycles. The summed E-state index contributed by atoms with van der Waals surface area (Å²) in [7, 11) is -0.486. The maximum absolute atomic E-state index is 11.8. The Balaban J connectivity index is 0.00000561. The number of aryl methyl sites for hydroxylation is 2. The van der Waals surface area contributed by atoms with Gasteiger partial charge in [0.05, 0.1) is 18.8 Å². The maximum Gasteiger partial charge on any atom is 0.169 e. The molecule has 0 unspecified atom stereocenters. The molecule has 8 rings (SSSR count). The third-order valence-electron chi connectivity index (χ3n) is 10.6. The quantitative estimate of drug-likeness (QED) is 0.0676. The molecule has 0 spiro atoms. The molecule has 0 atom stereocenters. The lowest BCUT2D eigenvalue weighted by Crippen LogP contribution is -3.00. The molecule has 8 aromatic carbocycles. The molecule has 0 saturated carbocycles. The van der Waals surface area contributed by atoms with Gasteiger partial charge in [-0.15, -0.1) is 0 Å². The molecule has 0 saturated heterocycles. The fourth-order valence-electron chi connectivity index (χ4n) is 7.49. The van der Waals surface area contributed by atoms with Crippen LogP contribution in [0.3, 0.4) is 0 Å². The molecule has 0 bridgehead atoms. The number of carbonyl (C=O) groups is 1. The van der Waals surface area contributed by atoms with Crippen molar-refractivity contribution in [3.05, 3.63) is 234 Å². The number of rotatable bonds is 17. The number of ether oxygens (including phenoxy) is 4. The Morgan fingerprint density at radius 1 is 0.443 bits per heavy atom. The van der Waals surface area contributed by atoms with E-state index in [1.54, 1.807) is 25.3 Å². The van der Waals surface area contributed by atoms with Crippen molar-refractivity contribution >= 4 is 29.5 Å². The largest absolute Gasteiger partial charge is 1.00 e. The average molecular weight is 886 g/mol.